The lowest BCUT2D eigenvalue weighted by Gasteiger charge is -2.10. The summed E-state index contributed by atoms with van der Waals surface area (Å²) in [6.45, 7) is 3.07. The van der Waals surface area contributed by atoms with Crippen molar-refractivity contribution in [2.45, 2.75) is 32.6 Å². The molecule has 2 aromatic rings. The highest BCUT2D eigenvalue weighted by molar-refractivity contribution is 6.33. The molecule has 2 N–H and O–H groups in total. The molecule has 5 heteroatoms. The minimum Gasteiger partial charge on any atom is -0.494 e. The zero-order valence-corrected chi connectivity index (χ0v) is 15.3. The molecule has 2 rings (SSSR count). The van der Waals surface area contributed by atoms with Gasteiger partial charge in [-0.05, 0) is 42.8 Å². The van der Waals surface area contributed by atoms with E-state index in [1.807, 2.05) is 42.5 Å². The van der Waals surface area contributed by atoms with Gasteiger partial charge in [-0.25, -0.2) is 0 Å². The van der Waals surface area contributed by atoms with E-state index in [0.29, 0.717) is 5.02 Å². The molecule has 2 aromatic carbocycles. The van der Waals surface area contributed by atoms with Crippen LogP contribution in [0, 0.1) is 0 Å². The molecule has 0 aliphatic carbocycles. The Morgan fingerprint density at radius 3 is 2.52 bits per heavy atom. The van der Waals surface area contributed by atoms with Gasteiger partial charge >= 0.3 is 0 Å². The third-order valence-corrected chi connectivity index (χ3v) is 4.05. The van der Waals surface area contributed by atoms with Crippen molar-refractivity contribution in [2.24, 2.45) is 0 Å². The first-order valence-corrected chi connectivity index (χ1v) is 9.08. The molecule has 0 atom stereocenters. The molecule has 0 fully saturated rings. The molecule has 0 bridgehead atoms. The van der Waals surface area contributed by atoms with Gasteiger partial charge in [-0.3, -0.25) is 4.79 Å². The van der Waals surface area contributed by atoms with Gasteiger partial charge in [0.15, 0.2) is 0 Å². The van der Waals surface area contributed by atoms with Crippen LogP contribution in [0.15, 0.2) is 48.5 Å². The molecule has 0 heterocycles. The summed E-state index contributed by atoms with van der Waals surface area (Å²) in [4.78, 5) is 12.0. The highest BCUT2D eigenvalue weighted by atomic mass is 35.5. The number of para-hydroxylation sites is 1. The highest BCUT2D eigenvalue weighted by Gasteiger charge is 2.04. The molecule has 0 spiro atoms. The Kier molecular flexibility index (Phi) is 8.13. The summed E-state index contributed by atoms with van der Waals surface area (Å²) < 4.78 is 5.69. The van der Waals surface area contributed by atoms with E-state index in [-0.39, 0.29) is 12.5 Å². The van der Waals surface area contributed by atoms with Crippen LogP contribution in [0.4, 0.5) is 11.4 Å². The van der Waals surface area contributed by atoms with Gasteiger partial charge in [-0.15, -0.1) is 0 Å². The number of anilines is 2. The Bertz CT molecular complexity index is 659. The summed E-state index contributed by atoms with van der Waals surface area (Å²) in [6, 6.07) is 14.8. The van der Waals surface area contributed by atoms with E-state index in [1.54, 1.807) is 6.07 Å². The first-order valence-electron chi connectivity index (χ1n) is 8.70. The fourth-order valence-corrected chi connectivity index (χ4v) is 2.54. The van der Waals surface area contributed by atoms with Gasteiger partial charge in [-0.1, -0.05) is 49.9 Å². The molecule has 134 valence electrons. The number of ether oxygens (including phenoxy) is 1. The molecular formula is C20H25ClN2O2. The SMILES string of the molecule is CCCCCCOc1ccc(NC(=O)CNc2ccccc2Cl)cc1. The van der Waals surface area contributed by atoms with Gasteiger partial charge in [0.25, 0.3) is 0 Å². The van der Waals surface area contributed by atoms with Crippen LogP contribution in [0.1, 0.15) is 32.6 Å². The largest absolute Gasteiger partial charge is 0.494 e. The molecule has 25 heavy (non-hydrogen) atoms. The van der Waals surface area contributed by atoms with Crippen molar-refractivity contribution in [1.29, 1.82) is 0 Å². The van der Waals surface area contributed by atoms with E-state index in [2.05, 4.69) is 17.6 Å². The lowest BCUT2D eigenvalue weighted by Crippen LogP contribution is -2.21. The molecule has 0 saturated heterocycles. The van der Waals surface area contributed by atoms with E-state index >= 15 is 0 Å². The number of benzene rings is 2. The maximum Gasteiger partial charge on any atom is 0.243 e. The second-order valence-electron chi connectivity index (χ2n) is 5.82. The van der Waals surface area contributed by atoms with Crippen LogP contribution in [-0.2, 0) is 4.79 Å². The van der Waals surface area contributed by atoms with Gasteiger partial charge in [0.1, 0.15) is 5.75 Å². The van der Waals surface area contributed by atoms with E-state index in [9.17, 15) is 4.79 Å². The molecule has 0 unspecified atom stereocenters. The summed E-state index contributed by atoms with van der Waals surface area (Å²) in [5.74, 6) is 0.692. The van der Waals surface area contributed by atoms with Gasteiger partial charge in [0.05, 0.1) is 23.9 Å². The van der Waals surface area contributed by atoms with Crippen molar-refractivity contribution in [2.75, 3.05) is 23.8 Å². The topological polar surface area (TPSA) is 50.4 Å². The van der Waals surface area contributed by atoms with Crippen LogP contribution >= 0.6 is 11.6 Å². The number of hydrogen-bond acceptors (Lipinski definition) is 3. The first kappa shape index (κ1) is 19.1. The number of rotatable bonds is 10. The van der Waals surface area contributed by atoms with Crippen LogP contribution in [0.5, 0.6) is 5.75 Å². The standard InChI is InChI=1S/C20H25ClN2O2/c1-2-3-4-7-14-25-17-12-10-16(11-13-17)23-20(24)15-22-19-9-6-5-8-18(19)21/h5-6,8-13,22H,2-4,7,14-15H2,1H3,(H,23,24). The van der Waals surface area contributed by atoms with Gasteiger partial charge in [0.2, 0.25) is 5.91 Å². The smallest absolute Gasteiger partial charge is 0.243 e. The van der Waals surface area contributed by atoms with E-state index in [4.69, 9.17) is 16.3 Å². The van der Waals surface area contributed by atoms with Crippen molar-refractivity contribution in [3.05, 3.63) is 53.6 Å². The summed E-state index contributed by atoms with van der Waals surface area (Å²) in [6.07, 6.45) is 4.74. The Labute approximate surface area is 154 Å². The summed E-state index contributed by atoms with van der Waals surface area (Å²) in [5, 5.41) is 6.46. The van der Waals surface area contributed by atoms with E-state index in [0.717, 1.165) is 30.2 Å². The summed E-state index contributed by atoms with van der Waals surface area (Å²) in [5.41, 5.74) is 1.48. The van der Waals surface area contributed by atoms with E-state index in [1.165, 1.54) is 19.3 Å². The molecule has 1 amide bonds. The second kappa shape index (κ2) is 10.6. The van der Waals surface area contributed by atoms with Gasteiger partial charge < -0.3 is 15.4 Å². The van der Waals surface area contributed by atoms with Crippen molar-refractivity contribution in [3.8, 4) is 5.75 Å². The molecule has 0 aliphatic rings. The molecule has 4 nitrogen and oxygen atoms in total. The minimum atomic E-state index is -0.131. The number of carbonyl (C=O) groups excluding carboxylic acids is 1. The Hall–Kier alpha value is -2.20. The van der Waals surface area contributed by atoms with Crippen LogP contribution in [0.25, 0.3) is 0 Å². The minimum absolute atomic E-state index is 0.131. The molecule has 0 aromatic heterocycles. The zero-order valence-electron chi connectivity index (χ0n) is 14.6. The van der Waals surface area contributed by atoms with Crippen LogP contribution in [-0.4, -0.2) is 19.1 Å². The van der Waals surface area contributed by atoms with Crippen molar-refractivity contribution >= 4 is 28.9 Å². The molecule has 0 radical (unpaired) electrons. The Morgan fingerprint density at radius 1 is 1.04 bits per heavy atom. The average Bonchev–Trinajstić information content (AvgIpc) is 2.62. The molecule has 0 saturated carbocycles. The van der Waals surface area contributed by atoms with Crippen molar-refractivity contribution < 1.29 is 9.53 Å². The predicted octanol–water partition coefficient (Wildman–Crippen LogP) is 5.35. The highest BCUT2D eigenvalue weighted by Crippen LogP contribution is 2.20. The number of unbranched alkanes of at least 4 members (excludes halogenated alkanes) is 3. The van der Waals surface area contributed by atoms with Gasteiger partial charge in [0, 0.05) is 5.69 Å². The fraction of sp³-hybridized carbons (Fsp3) is 0.350. The lowest BCUT2D eigenvalue weighted by molar-refractivity contribution is -0.114. The number of amides is 1. The third-order valence-electron chi connectivity index (χ3n) is 3.72. The normalized spacial score (nSPS) is 10.3. The molecule has 0 aliphatic heterocycles. The zero-order chi connectivity index (χ0) is 17.9. The Balaban J connectivity index is 1.73. The van der Waals surface area contributed by atoms with Crippen LogP contribution in [0.2, 0.25) is 5.02 Å². The maximum atomic E-state index is 12.0. The Morgan fingerprint density at radius 2 is 1.80 bits per heavy atom. The van der Waals surface area contributed by atoms with Crippen molar-refractivity contribution in [3.63, 3.8) is 0 Å². The number of carbonyl (C=O) groups is 1. The predicted molar refractivity (Wildman–Crippen MR) is 105 cm³/mol. The van der Waals surface area contributed by atoms with Crippen LogP contribution < -0.4 is 15.4 Å². The fourth-order valence-electron chi connectivity index (χ4n) is 2.34. The lowest BCUT2D eigenvalue weighted by atomic mass is 10.2. The number of halogens is 1. The van der Waals surface area contributed by atoms with Crippen molar-refractivity contribution in [1.82, 2.24) is 0 Å². The third kappa shape index (κ3) is 7.06. The number of nitrogens with one attached hydrogen (secondary N) is 2. The average molecular weight is 361 g/mol. The number of hydrogen-bond donors (Lipinski definition) is 2. The quantitative estimate of drug-likeness (QED) is 0.561. The second-order valence-corrected chi connectivity index (χ2v) is 6.22. The molecular weight excluding hydrogens is 336 g/mol. The maximum absolute atomic E-state index is 12.0. The van der Waals surface area contributed by atoms with Gasteiger partial charge in [-0.2, -0.15) is 0 Å². The first-order chi connectivity index (χ1) is 12.2. The van der Waals surface area contributed by atoms with E-state index < -0.39 is 0 Å². The summed E-state index contributed by atoms with van der Waals surface area (Å²) >= 11 is 6.05. The summed E-state index contributed by atoms with van der Waals surface area (Å²) in [7, 11) is 0. The monoisotopic (exact) mass is 360 g/mol. The van der Waals surface area contributed by atoms with Crippen LogP contribution in [0.3, 0.4) is 0 Å².